The van der Waals surface area contributed by atoms with E-state index in [1.807, 2.05) is 11.9 Å². The Kier molecular flexibility index (Phi) is 6.90. The molecule has 0 bridgehead atoms. The van der Waals surface area contributed by atoms with Gasteiger partial charge in [0.15, 0.2) is 0 Å². The average molecular weight is 369 g/mol. The second kappa shape index (κ2) is 8.92. The predicted octanol–water partition coefficient (Wildman–Crippen LogP) is 2.61. The third-order valence-electron chi connectivity index (χ3n) is 4.26. The molecule has 136 valence electrons. The van der Waals surface area contributed by atoms with Crippen LogP contribution in [0.15, 0.2) is 28.8 Å². The Labute approximate surface area is 152 Å². The lowest BCUT2D eigenvalue weighted by molar-refractivity contribution is -0.132. The van der Waals surface area contributed by atoms with Crippen molar-refractivity contribution >= 4 is 18.3 Å². The van der Waals surface area contributed by atoms with Crippen LogP contribution in [0.4, 0.5) is 4.39 Å². The van der Waals surface area contributed by atoms with Crippen LogP contribution in [0, 0.1) is 5.82 Å². The second-order valence-electron chi connectivity index (χ2n) is 6.00. The number of hydrogen-bond donors (Lipinski definition) is 1. The van der Waals surface area contributed by atoms with Gasteiger partial charge >= 0.3 is 0 Å². The van der Waals surface area contributed by atoms with Crippen LogP contribution in [-0.2, 0) is 4.79 Å². The van der Waals surface area contributed by atoms with E-state index in [9.17, 15) is 9.18 Å². The van der Waals surface area contributed by atoms with Gasteiger partial charge in [0.05, 0.1) is 5.92 Å². The second-order valence-corrected chi connectivity index (χ2v) is 6.00. The quantitative estimate of drug-likeness (QED) is 0.878. The lowest BCUT2D eigenvalue weighted by Crippen LogP contribution is -2.40. The summed E-state index contributed by atoms with van der Waals surface area (Å²) in [5, 5.41) is 6.98. The standard InChI is InChI=1S/C17H21FN4O2.ClH/c1-19-9-8-15(23)22-10-2-3-13(11-22)17-20-16(21-24-17)12-4-6-14(18)7-5-12;/h4-7,13,19H,2-3,8-11H2,1H3;1H. The van der Waals surface area contributed by atoms with Gasteiger partial charge in [0.25, 0.3) is 0 Å². The smallest absolute Gasteiger partial charge is 0.231 e. The highest BCUT2D eigenvalue weighted by Gasteiger charge is 2.28. The van der Waals surface area contributed by atoms with Gasteiger partial charge in [0.1, 0.15) is 5.82 Å². The Morgan fingerprint density at radius 3 is 2.88 bits per heavy atom. The number of likely N-dealkylation sites (tertiary alicyclic amines) is 1. The van der Waals surface area contributed by atoms with E-state index in [1.54, 1.807) is 12.1 Å². The van der Waals surface area contributed by atoms with Crippen LogP contribution in [0.25, 0.3) is 11.4 Å². The Balaban J connectivity index is 0.00000225. The molecule has 1 saturated heterocycles. The summed E-state index contributed by atoms with van der Waals surface area (Å²) in [4.78, 5) is 18.5. The Morgan fingerprint density at radius 2 is 2.16 bits per heavy atom. The van der Waals surface area contributed by atoms with Gasteiger partial charge in [-0.1, -0.05) is 5.16 Å². The van der Waals surface area contributed by atoms with Gasteiger partial charge in [0.2, 0.25) is 17.6 Å². The maximum Gasteiger partial charge on any atom is 0.231 e. The number of rotatable bonds is 5. The first-order valence-corrected chi connectivity index (χ1v) is 8.19. The molecule has 2 aromatic rings. The van der Waals surface area contributed by atoms with E-state index >= 15 is 0 Å². The van der Waals surface area contributed by atoms with E-state index in [2.05, 4.69) is 15.5 Å². The fourth-order valence-electron chi connectivity index (χ4n) is 2.91. The van der Waals surface area contributed by atoms with E-state index in [0.29, 0.717) is 36.8 Å². The van der Waals surface area contributed by atoms with Crippen molar-refractivity contribution in [3.8, 4) is 11.4 Å². The summed E-state index contributed by atoms with van der Waals surface area (Å²) in [5.74, 6) is 0.890. The van der Waals surface area contributed by atoms with Gasteiger partial charge < -0.3 is 14.7 Å². The molecule has 0 radical (unpaired) electrons. The number of amides is 1. The lowest BCUT2D eigenvalue weighted by Gasteiger charge is -2.31. The zero-order valence-electron chi connectivity index (χ0n) is 14.1. The molecule has 2 heterocycles. The summed E-state index contributed by atoms with van der Waals surface area (Å²) in [6, 6.07) is 5.99. The van der Waals surface area contributed by atoms with Crippen LogP contribution in [0.2, 0.25) is 0 Å². The maximum absolute atomic E-state index is 13.0. The number of piperidine rings is 1. The first kappa shape index (κ1) is 19.3. The average Bonchev–Trinajstić information content (AvgIpc) is 3.10. The Bertz CT molecular complexity index is 692. The Hall–Kier alpha value is -1.99. The topological polar surface area (TPSA) is 71.3 Å². The summed E-state index contributed by atoms with van der Waals surface area (Å²) in [6.45, 7) is 2.06. The number of hydrogen-bond acceptors (Lipinski definition) is 5. The Morgan fingerprint density at radius 1 is 1.40 bits per heavy atom. The predicted molar refractivity (Wildman–Crippen MR) is 94.0 cm³/mol. The summed E-state index contributed by atoms with van der Waals surface area (Å²) in [7, 11) is 1.84. The SMILES string of the molecule is CNCCC(=O)N1CCCC(c2nc(-c3ccc(F)cc3)no2)C1.Cl. The highest BCUT2D eigenvalue weighted by Crippen LogP contribution is 2.27. The van der Waals surface area contributed by atoms with Gasteiger partial charge in [-0.2, -0.15) is 4.98 Å². The minimum atomic E-state index is -0.300. The summed E-state index contributed by atoms with van der Waals surface area (Å²) < 4.78 is 18.4. The first-order valence-electron chi connectivity index (χ1n) is 8.19. The van der Waals surface area contributed by atoms with Crippen molar-refractivity contribution in [3.63, 3.8) is 0 Å². The molecule has 6 nitrogen and oxygen atoms in total. The van der Waals surface area contributed by atoms with Crippen molar-refractivity contribution in [2.24, 2.45) is 0 Å². The van der Waals surface area contributed by atoms with Crippen LogP contribution in [0.5, 0.6) is 0 Å². The van der Waals surface area contributed by atoms with Crippen molar-refractivity contribution in [2.75, 3.05) is 26.7 Å². The number of nitrogens with one attached hydrogen (secondary N) is 1. The number of benzene rings is 1. The van der Waals surface area contributed by atoms with E-state index in [0.717, 1.165) is 19.4 Å². The molecule has 0 saturated carbocycles. The molecule has 1 atom stereocenters. The van der Waals surface area contributed by atoms with Gasteiger partial charge in [-0.25, -0.2) is 4.39 Å². The molecule has 0 aliphatic carbocycles. The normalized spacial score (nSPS) is 17.2. The van der Waals surface area contributed by atoms with E-state index in [-0.39, 0.29) is 30.0 Å². The highest BCUT2D eigenvalue weighted by atomic mass is 35.5. The van der Waals surface area contributed by atoms with Gasteiger partial charge in [0, 0.05) is 31.6 Å². The van der Waals surface area contributed by atoms with E-state index in [4.69, 9.17) is 4.52 Å². The van der Waals surface area contributed by atoms with Crippen molar-refractivity contribution in [1.82, 2.24) is 20.4 Å². The molecule has 8 heteroatoms. The fraction of sp³-hybridized carbons (Fsp3) is 0.471. The van der Waals surface area contributed by atoms with Crippen LogP contribution in [0.3, 0.4) is 0 Å². The van der Waals surface area contributed by atoms with E-state index < -0.39 is 0 Å². The molecule has 1 aromatic carbocycles. The molecule has 1 amide bonds. The zero-order valence-corrected chi connectivity index (χ0v) is 14.9. The summed E-state index contributed by atoms with van der Waals surface area (Å²) >= 11 is 0. The largest absolute Gasteiger partial charge is 0.342 e. The molecule has 1 fully saturated rings. The molecule has 1 aliphatic rings. The number of halogens is 2. The summed E-state index contributed by atoms with van der Waals surface area (Å²) in [6.07, 6.45) is 2.33. The van der Waals surface area contributed by atoms with Gasteiger partial charge in [-0.3, -0.25) is 4.79 Å². The molecule has 1 aliphatic heterocycles. The number of aromatic nitrogens is 2. The molecule has 25 heavy (non-hydrogen) atoms. The number of carbonyl (C=O) groups excluding carboxylic acids is 1. The zero-order chi connectivity index (χ0) is 16.9. The first-order chi connectivity index (χ1) is 11.7. The monoisotopic (exact) mass is 368 g/mol. The maximum atomic E-state index is 13.0. The van der Waals surface area contributed by atoms with Gasteiger partial charge in [-0.15, -0.1) is 12.4 Å². The molecule has 0 spiro atoms. The molecule has 1 aromatic heterocycles. The van der Waals surface area contributed by atoms with Crippen molar-refractivity contribution in [1.29, 1.82) is 0 Å². The minimum Gasteiger partial charge on any atom is -0.342 e. The highest BCUT2D eigenvalue weighted by molar-refractivity contribution is 5.85. The summed E-state index contributed by atoms with van der Waals surface area (Å²) in [5.41, 5.74) is 0.712. The van der Waals surface area contributed by atoms with Gasteiger partial charge in [-0.05, 0) is 44.2 Å². The third kappa shape index (κ3) is 4.76. The molecule has 3 rings (SSSR count). The minimum absolute atomic E-state index is 0. The third-order valence-corrected chi connectivity index (χ3v) is 4.26. The van der Waals surface area contributed by atoms with Crippen molar-refractivity contribution in [3.05, 3.63) is 36.0 Å². The van der Waals surface area contributed by atoms with Crippen LogP contribution in [0.1, 0.15) is 31.1 Å². The van der Waals surface area contributed by atoms with Crippen LogP contribution < -0.4 is 5.32 Å². The van der Waals surface area contributed by atoms with Crippen LogP contribution in [-0.4, -0.2) is 47.6 Å². The molecule has 1 unspecified atom stereocenters. The van der Waals surface area contributed by atoms with Crippen LogP contribution >= 0.6 is 12.4 Å². The fourth-order valence-corrected chi connectivity index (χ4v) is 2.91. The molecule has 1 N–H and O–H groups in total. The van der Waals surface area contributed by atoms with Crippen molar-refractivity contribution < 1.29 is 13.7 Å². The lowest BCUT2D eigenvalue weighted by atomic mass is 9.97. The van der Waals surface area contributed by atoms with Crippen molar-refractivity contribution in [2.45, 2.75) is 25.2 Å². The number of nitrogens with zero attached hydrogens (tertiary/aromatic N) is 3. The molecular weight excluding hydrogens is 347 g/mol. The molecular formula is C17H22ClFN4O2. The van der Waals surface area contributed by atoms with E-state index in [1.165, 1.54) is 12.1 Å². The number of carbonyl (C=O) groups is 1.